The molecule has 1 aliphatic carbocycles. The smallest absolute Gasteiger partial charge is 0.170 e. The summed E-state index contributed by atoms with van der Waals surface area (Å²) in [5, 5.41) is 4.51. The van der Waals surface area contributed by atoms with Crippen LogP contribution in [-0.4, -0.2) is 41.4 Å². The van der Waals surface area contributed by atoms with Gasteiger partial charge in [0.15, 0.2) is 16.6 Å². The van der Waals surface area contributed by atoms with Gasteiger partial charge in [0, 0.05) is 31.0 Å². The minimum atomic E-state index is 0.0622. The maximum atomic E-state index is 5.89. The number of rotatable bonds is 4. The Morgan fingerprint density at radius 1 is 1.04 bits per heavy atom. The third-order valence-electron chi connectivity index (χ3n) is 5.96. The number of benzene rings is 1. The van der Waals surface area contributed by atoms with Crippen LogP contribution in [-0.2, 0) is 6.54 Å². The molecule has 1 aliphatic heterocycles. The summed E-state index contributed by atoms with van der Waals surface area (Å²) in [7, 11) is 3.34. The monoisotopic (exact) mass is 399 g/mol. The highest BCUT2D eigenvalue weighted by molar-refractivity contribution is 7.80. The Kier molecular flexibility index (Phi) is 5.76. The number of ether oxygens (including phenoxy) is 2. The Labute approximate surface area is 172 Å². The Morgan fingerprint density at radius 3 is 2.57 bits per heavy atom. The lowest BCUT2D eigenvalue weighted by atomic mass is 9.95. The van der Waals surface area contributed by atoms with Crippen LogP contribution in [0, 0.1) is 0 Å². The third-order valence-corrected chi connectivity index (χ3v) is 6.31. The van der Waals surface area contributed by atoms with Gasteiger partial charge in [-0.3, -0.25) is 0 Å². The van der Waals surface area contributed by atoms with Crippen LogP contribution >= 0.6 is 12.2 Å². The number of thiocarbonyl (C=S) groups is 1. The third kappa shape index (κ3) is 3.70. The minimum absolute atomic E-state index is 0.0622. The van der Waals surface area contributed by atoms with E-state index in [4.69, 9.17) is 21.7 Å². The molecule has 0 amide bonds. The summed E-state index contributed by atoms with van der Waals surface area (Å²) in [4.78, 5) is 2.33. The van der Waals surface area contributed by atoms with E-state index in [1.165, 1.54) is 37.8 Å². The molecule has 1 fully saturated rings. The van der Waals surface area contributed by atoms with Crippen LogP contribution in [0.5, 0.6) is 11.5 Å². The van der Waals surface area contributed by atoms with Crippen LogP contribution in [0.25, 0.3) is 0 Å². The second-order valence-corrected chi connectivity index (χ2v) is 8.01. The van der Waals surface area contributed by atoms with E-state index >= 15 is 0 Å². The van der Waals surface area contributed by atoms with Crippen molar-refractivity contribution in [3.05, 3.63) is 47.8 Å². The standard InChI is InChI=1S/C22H29N3O2S/c1-26-19-11-10-16(15-20(19)27-2)21-18-9-6-12-24(18)13-14-25(21)22(28)23-17-7-4-3-5-8-17/h6,9-12,15,17,21H,3-5,7-8,13-14H2,1-2H3,(H,23,28)/t21-/m0/s1. The van der Waals surface area contributed by atoms with Gasteiger partial charge < -0.3 is 24.3 Å². The van der Waals surface area contributed by atoms with Gasteiger partial charge >= 0.3 is 0 Å². The second kappa shape index (κ2) is 8.43. The molecule has 2 heterocycles. The predicted molar refractivity (Wildman–Crippen MR) is 115 cm³/mol. The Hall–Kier alpha value is -2.21. The molecule has 150 valence electrons. The summed E-state index contributed by atoms with van der Waals surface area (Å²) in [6.07, 6.45) is 8.51. The van der Waals surface area contributed by atoms with Crippen molar-refractivity contribution < 1.29 is 9.47 Å². The highest BCUT2D eigenvalue weighted by Crippen LogP contribution is 2.37. The van der Waals surface area contributed by atoms with Crippen molar-refractivity contribution in [2.24, 2.45) is 0 Å². The van der Waals surface area contributed by atoms with Gasteiger partial charge in [-0.15, -0.1) is 0 Å². The molecule has 2 aliphatic rings. The molecule has 1 aromatic carbocycles. The summed E-state index contributed by atoms with van der Waals surface area (Å²) >= 11 is 5.89. The predicted octanol–water partition coefficient (Wildman–Crippen LogP) is 4.12. The number of hydrogen-bond acceptors (Lipinski definition) is 3. The van der Waals surface area contributed by atoms with Crippen LogP contribution < -0.4 is 14.8 Å². The molecular weight excluding hydrogens is 370 g/mol. The molecule has 1 saturated carbocycles. The first-order valence-electron chi connectivity index (χ1n) is 10.2. The van der Waals surface area contributed by atoms with Crippen LogP contribution in [0.2, 0.25) is 0 Å². The van der Waals surface area contributed by atoms with Crippen LogP contribution in [0.15, 0.2) is 36.5 Å². The molecule has 5 nitrogen and oxygen atoms in total. The van der Waals surface area contributed by atoms with Crippen molar-refractivity contribution in [1.82, 2.24) is 14.8 Å². The fourth-order valence-corrected chi connectivity index (χ4v) is 4.84. The molecule has 2 aromatic rings. The van der Waals surface area contributed by atoms with E-state index in [9.17, 15) is 0 Å². The van der Waals surface area contributed by atoms with E-state index in [0.29, 0.717) is 6.04 Å². The molecule has 1 N–H and O–H groups in total. The zero-order chi connectivity index (χ0) is 19.5. The van der Waals surface area contributed by atoms with Crippen molar-refractivity contribution in [3.63, 3.8) is 0 Å². The number of hydrogen-bond donors (Lipinski definition) is 1. The van der Waals surface area contributed by atoms with Crippen molar-refractivity contribution in [2.45, 2.75) is 50.7 Å². The van der Waals surface area contributed by atoms with Gasteiger partial charge in [0.1, 0.15) is 0 Å². The highest BCUT2D eigenvalue weighted by atomic mass is 32.1. The minimum Gasteiger partial charge on any atom is -0.493 e. The molecular formula is C22H29N3O2S. The normalized spacial score (nSPS) is 19.8. The van der Waals surface area contributed by atoms with Crippen molar-refractivity contribution in [1.29, 1.82) is 0 Å². The zero-order valence-electron chi connectivity index (χ0n) is 16.7. The van der Waals surface area contributed by atoms with E-state index in [-0.39, 0.29) is 6.04 Å². The fourth-order valence-electron chi connectivity index (χ4n) is 4.48. The lowest BCUT2D eigenvalue weighted by Crippen LogP contribution is -2.50. The van der Waals surface area contributed by atoms with Gasteiger partial charge in [0.25, 0.3) is 0 Å². The summed E-state index contributed by atoms with van der Waals surface area (Å²) in [6, 6.07) is 11.0. The summed E-state index contributed by atoms with van der Waals surface area (Å²) in [6.45, 7) is 1.83. The van der Waals surface area contributed by atoms with Crippen LogP contribution in [0.4, 0.5) is 0 Å². The van der Waals surface area contributed by atoms with Crippen LogP contribution in [0.1, 0.15) is 49.4 Å². The van der Waals surface area contributed by atoms with E-state index < -0.39 is 0 Å². The number of nitrogens with zero attached hydrogens (tertiary/aromatic N) is 2. The number of fused-ring (bicyclic) bond motifs is 1. The largest absolute Gasteiger partial charge is 0.493 e. The Balaban J connectivity index is 1.65. The van der Waals surface area contributed by atoms with Gasteiger partial charge in [0.2, 0.25) is 0 Å². The first-order valence-corrected chi connectivity index (χ1v) is 10.6. The second-order valence-electron chi connectivity index (χ2n) is 7.62. The van der Waals surface area contributed by atoms with E-state index in [1.807, 2.05) is 6.07 Å². The van der Waals surface area contributed by atoms with Gasteiger partial charge in [0.05, 0.1) is 20.3 Å². The molecule has 1 aromatic heterocycles. The first-order chi connectivity index (χ1) is 13.7. The highest BCUT2D eigenvalue weighted by Gasteiger charge is 2.32. The Morgan fingerprint density at radius 2 is 1.82 bits per heavy atom. The molecule has 28 heavy (non-hydrogen) atoms. The van der Waals surface area contributed by atoms with Crippen LogP contribution in [0.3, 0.4) is 0 Å². The molecule has 0 radical (unpaired) electrons. The lowest BCUT2D eigenvalue weighted by molar-refractivity contribution is 0.277. The quantitative estimate of drug-likeness (QED) is 0.783. The zero-order valence-corrected chi connectivity index (χ0v) is 17.5. The molecule has 0 bridgehead atoms. The van der Waals surface area contributed by atoms with Crippen molar-refractivity contribution in [3.8, 4) is 11.5 Å². The average molecular weight is 400 g/mol. The topological polar surface area (TPSA) is 38.7 Å². The number of methoxy groups -OCH3 is 2. The first kappa shape index (κ1) is 19.1. The van der Waals surface area contributed by atoms with Gasteiger partial charge in [-0.2, -0.15) is 0 Å². The summed E-state index contributed by atoms with van der Waals surface area (Å²) in [5.41, 5.74) is 2.41. The van der Waals surface area contributed by atoms with Crippen molar-refractivity contribution in [2.75, 3.05) is 20.8 Å². The maximum absolute atomic E-state index is 5.89. The number of aromatic nitrogens is 1. The lowest BCUT2D eigenvalue weighted by Gasteiger charge is -2.40. The van der Waals surface area contributed by atoms with E-state index in [1.54, 1.807) is 14.2 Å². The maximum Gasteiger partial charge on any atom is 0.170 e. The molecule has 1 atom stereocenters. The van der Waals surface area contributed by atoms with Gasteiger partial charge in [-0.1, -0.05) is 25.3 Å². The molecule has 0 unspecified atom stereocenters. The number of nitrogens with one attached hydrogen (secondary N) is 1. The van der Waals surface area contributed by atoms with Crippen molar-refractivity contribution >= 4 is 17.3 Å². The summed E-state index contributed by atoms with van der Waals surface area (Å²) < 4.78 is 13.3. The molecule has 0 saturated heterocycles. The average Bonchev–Trinajstić information content (AvgIpc) is 3.22. The van der Waals surface area contributed by atoms with Gasteiger partial charge in [-0.25, -0.2) is 0 Å². The Bertz CT molecular complexity index is 829. The molecule has 0 spiro atoms. The molecule has 4 rings (SSSR count). The van der Waals surface area contributed by atoms with E-state index in [2.05, 4.69) is 45.2 Å². The van der Waals surface area contributed by atoms with Gasteiger partial charge in [-0.05, 0) is 54.9 Å². The summed E-state index contributed by atoms with van der Waals surface area (Å²) in [5.74, 6) is 1.49. The SMILES string of the molecule is COc1ccc([C@H]2c3cccn3CCN2C(=S)NC2CCCCC2)cc1OC. The molecule has 6 heteroatoms. The van der Waals surface area contributed by atoms with E-state index in [0.717, 1.165) is 35.3 Å². The fraction of sp³-hybridized carbons (Fsp3) is 0.500.